The lowest BCUT2D eigenvalue weighted by atomic mass is 10.1. The molecule has 4 aromatic rings. The zero-order valence-corrected chi connectivity index (χ0v) is 17.2. The molecular weight excluding hydrogens is 392 g/mol. The molecule has 0 bridgehead atoms. The van der Waals surface area contributed by atoms with Gasteiger partial charge in [0.2, 0.25) is 0 Å². The van der Waals surface area contributed by atoms with E-state index in [9.17, 15) is 4.79 Å². The zero-order valence-electron chi connectivity index (χ0n) is 17.2. The number of pyridine rings is 3. The van der Waals surface area contributed by atoms with Gasteiger partial charge >= 0.3 is 0 Å². The van der Waals surface area contributed by atoms with Gasteiger partial charge in [0.1, 0.15) is 5.82 Å². The van der Waals surface area contributed by atoms with Crippen molar-refractivity contribution in [3.05, 3.63) is 66.6 Å². The fourth-order valence-electron chi connectivity index (χ4n) is 3.77. The summed E-state index contributed by atoms with van der Waals surface area (Å²) >= 11 is 0. The van der Waals surface area contributed by atoms with Crippen molar-refractivity contribution in [1.29, 1.82) is 0 Å². The van der Waals surface area contributed by atoms with Gasteiger partial charge in [0, 0.05) is 54.7 Å². The van der Waals surface area contributed by atoms with Gasteiger partial charge in [0.25, 0.3) is 0 Å². The van der Waals surface area contributed by atoms with E-state index in [1.165, 1.54) is 0 Å². The molecular formula is C23H22N6O2. The average molecular weight is 414 g/mol. The Hall–Kier alpha value is -3.65. The Morgan fingerprint density at radius 1 is 1.06 bits per heavy atom. The van der Waals surface area contributed by atoms with E-state index in [-0.39, 0.29) is 12.2 Å². The summed E-state index contributed by atoms with van der Waals surface area (Å²) in [4.78, 5) is 32.6. The van der Waals surface area contributed by atoms with Gasteiger partial charge in [-0.2, -0.15) is 0 Å². The van der Waals surface area contributed by atoms with E-state index in [0.29, 0.717) is 24.5 Å². The van der Waals surface area contributed by atoms with E-state index in [4.69, 9.17) is 4.74 Å². The molecule has 1 saturated heterocycles. The van der Waals surface area contributed by atoms with Crippen LogP contribution < -0.4 is 4.90 Å². The van der Waals surface area contributed by atoms with Crippen LogP contribution in [-0.4, -0.2) is 56.6 Å². The molecule has 8 heteroatoms. The van der Waals surface area contributed by atoms with Gasteiger partial charge in [0.15, 0.2) is 5.78 Å². The Kier molecular flexibility index (Phi) is 5.13. The molecule has 0 spiro atoms. The number of Topliss-reactive ketones (excluding diaryl/α,β-unsaturated/α-hetero) is 1. The Labute approximate surface area is 179 Å². The number of aryl methyl sites for hydroxylation is 1. The maximum atomic E-state index is 12.9. The molecule has 5 rings (SSSR count). The fraction of sp³-hybridized carbons (Fsp3) is 0.261. The number of ether oxygens (including phenoxy) is 1. The van der Waals surface area contributed by atoms with Crippen LogP contribution in [0.15, 0.2) is 55.4 Å². The number of carbonyl (C=O) groups is 1. The second-order valence-electron chi connectivity index (χ2n) is 7.58. The Balaban J connectivity index is 1.38. The monoisotopic (exact) mass is 414 g/mol. The minimum atomic E-state index is 0.0134. The standard InChI is InChI=1S/C23H22N6O2/c1-28-15-24-14-21(28)18-8-17-9-19(26-13-20(17)27-12-18)11-22(30)16-2-3-25-23(10-16)29-4-6-31-7-5-29/h2-3,8-10,12-15H,4-7,11H2,1H3. The van der Waals surface area contributed by atoms with Gasteiger partial charge in [-0.3, -0.25) is 14.8 Å². The first kappa shape index (κ1) is 19.3. The first-order valence-corrected chi connectivity index (χ1v) is 10.2. The van der Waals surface area contributed by atoms with Crippen molar-refractivity contribution in [2.24, 2.45) is 7.05 Å². The number of imidazole rings is 1. The van der Waals surface area contributed by atoms with Crippen molar-refractivity contribution in [2.45, 2.75) is 6.42 Å². The number of morpholine rings is 1. The molecule has 31 heavy (non-hydrogen) atoms. The highest BCUT2D eigenvalue weighted by molar-refractivity contribution is 5.98. The molecule has 0 amide bonds. The van der Waals surface area contributed by atoms with Crippen molar-refractivity contribution < 1.29 is 9.53 Å². The first-order valence-electron chi connectivity index (χ1n) is 10.2. The molecule has 1 aliphatic rings. The molecule has 1 aliphatic heterocycles. The lowest BCUT2D eigenvalue weighted by Crippen LogP contribution is -2.36. The van der Waals surface area contributed by atoms with Crippen LogP contribution in [0.1, 0.15) is 16.1 Å². The molecule has 0 aromatic carbocycles. The summed E-state index contributed by atoms with van der Waals surface area (Å²) < 4.78 is 7.35. The van der Waals surface area contributed by atoms with E-state index in [1.807, 2.05) is 36.1 Å². The second kappa shape index (κ2) is 8.23. The van der Waals surface area contributed by atoms with E-state index in [0.717, 1.165) is 41.1 Å². The highest BCUT2D eigenvalue weighted by Gasteiger charge is 2.15. The van der Waals surface area contributed by atoms with Crippen molar-refractivity contribution in [2.75, 3.05) is 31.2 Å². The number of hydrogen-bond acceptors (Lipinski definition) is 7. The Bertz CT molecular complexity index is 1250. The molecule has 156 valence electrons. The second-order valence-corrected chi connectivity index (χ2v) is 7.58. The minimum Gasteiger partial charge on any atom is -0.378 e. The quantitative estimate of drug-likeness (QED) is 0.464. The lowest BCUT2D eigenvalue weighted by Gasteiger charge is -2.27. The molecule has 4 aromatic heterocycles. The van der Waals surface area contributed by atoms with Gasteiger partial charge in [-0.15, -0.1) is 0 Å². The summed E-state index contributed by atoms with van der Waals surface area (Å²) in [5.41, 5.74) is 4.10. The molecule has 1 fully saturated rings. The van der Waals surface area contributed by atoms with E-state index in [1.54, 1.807) is 24.8 Å². The number of fused-ring (bicyclic) bond motifs is 1. The van der Waals surface area contributed by atoms with Gasteiger partial charge in [0.05, 0.1) is 49.6 Å². The van der Waals surface area contributed by atoms with Crippen LogP contribution in [0.2, 0.25) is 0 Å². The maximum absolute atomic E-state index is 12.9. The molecule has 0 radical (unpaired) electrons. The van der Waals surface area contributed by atoms with Crippen LogP contribution >= 0.6 is 0 Å². The molecule has 5 heterocycles. The maximum Gasteiger partial charge on any atom is 0.169 e. The van der Waals surface area contributed by atoms with E-state index in [2.05, 4.69) is 30.9 Å². The summed E-state index contributed by atoms with van der Waals surface area (Å²) in [6, 6.07) is 7.61. The summed E-state index contributed by atoms with van der Waals surface area (Å²) in [6.07, 6.45) is 9.01. The summed E-state index contributed by atoms with van der Waals surface area (Å²) in [7, 11) is 1.95. The number of anilines is 1. The van der Waals surface area contributed by atoms with Crippen LogP contribution in [0.5, 0.6) is 0 Å². The Morgan fingerprint density at radius 3 is 2.74 bits per heavy atom. The molecule has 0 N–H and O–H groups in total. The third-order valence-electron chi connectivity index (χ3n) is 5.48. The van der Waals surface area contributed by atoms with Gasteiger partial charge in [-0.05, 0) is 24.3 Å². The highest BCUT2D eigenvalue weighted by atomic mass is 16.5. The van der Waals surface area contributed by atoms with Crippen molar-refractivity contribution in [1.82, 2.24) is 24.5 Å². The SMILES string of the molecule is Cn1cncc1-c1cnc2cnc(CC(=O)c3ccnc(N4CCOCC4)c3)cc2c1. The van der Waals surface area contributed by atoms with Crippen molar-refractivity contribution in [3.63, 3.8) is 0 Å². The number of nitrogens with zero attached hydrogens (tertiary/aromatic N) is 6. The number of rotatable bonds is 5. The average Bonchev–Trinajstić information content (AvgIpc) is 3.25. The number of carbonyl (C=O) groups excluding carboxylic acids is 1. The number of hydrogen-bond donors (Lipinski definition) is 0. The predicted octanol–water partition coefficient (Wildman–Crippen LogP) is 2.69. The van der Waals surface area contributed by atoms with Crippen LogP contribution in [-0.2, 0) is 18.2 Å². The van der Waals surface area contributed by atoms with Gasteiger partial charge in [-0.1, -0.05) is 0 Å². The lowest BCUT2D eigenvalue weighted by molar-refractivity contribution is 0.0992. The molecule has 0 atom stereocenters. The molecule has 0 unspecified atom stereocenters. The van der Waals surface area contributed by atoms with Gasteiger partial charge < -0.3 is 14.2 Å². The largest absolute Gasteiger partial charge is 0.378 e. The topological polar surface area (TPSA) is 86.0 Å². The molecule has 0 saturated carbocycles. The molecule has 8 nitrogen and oxygen atoms in total. The molecule has 0 aliphatic carbocycles. The summed E-state index contributed by atoms with van der Waals surface area (Å²) in [6.45, 7) is 2.91. The minimum absolute atomic E-state index is 0.0134. The fourth-order valence-corrected chi connectivity index (χ4v) is 3.77. The van der Waals surface area contributed by atoms with Crippen molar-refractivity contribution in [3.8, 4) is 11.3 Å². The number of ketones is 1. The normalized spacial score (nSPS) is 14.2. The third kappa shape index (κ3) is 4.02. The van der Waals surface area contributed by atoms with E-state index >= 15 is 0 Å². The third-order valence-corrected chi connectivity index (χ3v) is 5.48. The predicted molar refractivity (Wildman–Crippen MR) is 117 cm³/mol. The van der Waals surface area contributed by atoms with Gasteiger partial charge in [-0.25, -0.2) is 9.97 Å². The van der Waals surface area contributed by atoms with Crippen LogP contribution in [0, 0.1) is 0 Å². The van der Waals surface area contributed by atoms with Crippen LogP contribution in [0.3, 0.4) is 0 Å². The first-order chi connectivity index (χ1) is 15.2. The smallest absolute Gasteiger partial charge is 0.169 e. The summed E-state index contributed by atoms with van der Waals surface area (Å²) in [5.74, 6) is 0.824. The van der Waals surface area contributed by atoms with E-state index < -0.39 is 0 Å². The van der Waals surface area contributed by atoms with Crippen LogP contribution in [0.4, 0.5) is 5.82 Å². The zero-order chi connectivity index (χ0) is 21.2. The highest BCUT2D eigenvalue weighted by Crippen LogP contribution is 2.23. The summed E-state index contributed by atoms with van der Waals surface area (Å²) in [5, 5.41) is 0.945. The van der Waals surface area contributed by atoms with Crippen LogP contribution in [0.25, 0.3) is 22.2 Å². The van der Waals surface area contributed by atoms with Crippen molar-refractivity contribution >= 4 is 22.5 Å². The Morgan fingerprint density at radius 2 is 1.94 bits per heavy atom. The number of aromatic nitrogens is 5.